The molecule has 0 saturated carbocycles. The van der Waals surface area contributed by atoms with Crippen LogP contribution in [-0.4, -0.2) is 56.6 Å². The fourth-order valence-corrected chi connectivity index (χ4v) is 4.33. The molecule has 7 heteroatoms. The van der Waals surface area contributed by atoms with Gasteiger partial charge < -0.3 is 10.6 Å². The molecule has 1 atom stereocenters. The summed E-state index contributed by atoms with van der Waals surface area (Å²) in [6.07, 6.45) is 3.14. The first-order valence-corrected chi connectivity index (χ1v) is 9.54. The summed E-state index contributed by atoms with van der Waals surface area (Å²) in [5.74, 6) is 0.279. The van der Waals surface area contributed by atoms with Gasteiger partial charge in [-0.25, -0.2) is 12.7 Å². The molecule has 0 aliphatic carbocycles. The number of carbonyl (C=O) groups is 1. The highest BCUT2D eigenvalue weighted by molar-refractivity contribution is 7.89. The van der Waals surface area contributed by atoms with Crippen LogP contribution in [0, 0.1) is 5.41 Å². The van der Waals surface area contributed by atoms with E-state index >= 15 is 0 Å². The van der Waals surface area contributed by atoms with E-state index in [0.717, 1.165) is 25.9 Å². The largest absolute Gasteiger partial charge is 0.353 e. The molecule has 122 valence electrons. The number of carbonyl (C=O) groups excluding carboxylic acids is 1. The molecular formula is C14H27N3O3S. The van der Waals surface area contributed by atoms with Crippen LogP contribution in [0.5, 0.6) is 0 Å². The molecule has 21 heavy (non-hydrogen) atoms. The lowest BCUT2D eigenvalue weighted by molar-refractivity contribution is -0.131. The van der Waals surface area contributed by atoms with Crippen LogP contribution in [0.3, 0.4) is 0 Å². The van der Waals surface area contributed by atoms with Gasteiger partial charge in [0.15, 0.2) is 0 Å². The van der Waals surface area contributed by atoms with Gasteiger partial charge in [-0.2, -0.15) is 0 Å². The van der Waals surface area contributed by atoms with Crippen molar-refractivity contribution in [2.45, 2.75) is 45.6 Å². The Kier molecular flexibility index (Phi) is 5.27. The van der Waals surface area contributed by atoms with Crippen molar-refractivity contribution in [2.75, 3.05) is 31.9 Å². The average Bonchev–Trinajstić information content (AvgIpc) is 2.98. The van der Waals surface area contributed by atoms with Gasteiger partial charge in [-0.05, 0) is 39.2 Å². The number of amides is 1. The number of rotatable bonds is 5. The van der Waals surface area contributed by atoms with Crippen molar-refractivity contribution in [1.82, 2.24) is 14.9 Å². The van der Waals surface area contributed by atoms with Crippen LogP contribution in [0.4, 0.5) is 0 Å². The van der Waals surface area contributed by atoms with Gasteiger partial charge in [-0.1, -0.05) is 6.92 Å². The first kappa shape index (κ1) is 16.7. The van der Waals surface area contributed by atoms with Gasteiger partial charge in [0.05, 0.1) is 11.2 Å². The quantitative estimate of drug-likeness (QED) is 0.765. The second kappa shape index (κ2) is 6.62. The van der Waals surface area contributed by atoms with E-state index in [1.807, 2.05) is 0 Å². The average molecular weight is 317 g/mol. The molecule has 1 amide bonds. The standard InChI is InChI=1S/C14H27N3O3S/c1-3-14(7-8-15-11-14)13(18)16-12-5-9-17(10-6-12)21(19,20)4-2/h12,15H,3-11H2,1-2H3,(H,16,18). The predicted octanol–water partition coefficient (Wildman–Crippen LogP) is 0.306. The Balaban J connectivity index is 1.87. The molecular weight excluding hydrogens is 290 g/mol. The first-order valence-electron chi connectivity index (χ1n) is 7.93. The maximum Gasteiger partial charge on any atom is 0.227 e. The molecule has 0 spiro atoms. The van der Waals surface area contributed by atoms with E-state index in [-0.39, 0.29) is 23.1 Å². The van der Waals surface area contributed by atoms with Crippen LogP contribution in [0.15, 0.2) is 0 Å². The van der Waals surface area contributed by atoms with E-state index in [4.69, 9.17) is 0 Å². The number of nitrogens with one attached hydrogen (secondary N) is 2. The zero-order chi connectivity index (χ0) is 15.5. The summed E-state index contributed by atoms with van der Waals surface area (Å²) in [7, 11) is -3.09. The lowest BCUT2D eigenvalue weighted by Crippen LogP contribution is -2.51. The van der Waals surface area contributed by atoms with E-state index in [0.29, 0.717) is 25.9 Å². The van der Waals surface area contributed by atoms with E-state index in [9.17, 15) is 13.2 Å². The van der Waals surface area contributed by atoms with Crippen LogP contribution < -0.4 is 10.6 Å². The van der Waals surface area contributed by atoms with Crippen LogP contribution in [0.25, 0.3) is 0 Å². The molecule has 2 heterocycles. The van der Waals surface area contributed by atoms with Gasteiger partial charge in [-0.3, -0.25) is 4.79 Å². The van der Waals surface area contributed by atoms with Gasteiger partial charge in [0.25, 0.3) is 0 Å². The monoisotopic (exact) mass is 317 g/mol. The highest BCUT2D eigenvalue weighted by Gasteiger charge is 2.40. The Morgan fingerprint density at radius 2 is 2.00 bits per heavy atom. The predicted molar refractivity (Wildman–Crippen MR) is 82.4 cm³/mol. The third-order valence-electron chi connectivity index (χ3n) is 4.95. The second-order valence-electron chi connectivity index (χ2n) is 6.11. The molecule has 1 unspecified atom stereocenters. The third kappa shape index (κ3) is 3.57. The van der Waals surface area contributed by atoms with E-state index in [1.54, 1.807) is 11.2 Å². The molecule has 2 saturated heterocycles. The molecule has 0 aromatic heterocycles. The molecule has 0 radical (unpaired) electrons. The van der Waals surface area contributed by atoms with E-state index in [1.165, 1.54) is 0 Å². The molecule has 0 aromatic carbocycles. The number of nitrogens with zero attached hydrogens (tertiary/aromatic N) is 1. The number of hydrogen-bond donors (Lipinski definition) is 2. The molecule has 2 fully saturated rings. The number of hydrogen-bond acceptors (Lipinski definition) is 4. The lowest BCUT2D eigenvalue weighted by Gasteiger charge is -2.34. The highest BCUT2D eigenvalue weighted by atomic mass is 32.2. The Morgan fingerprint density at radius 3 is 2.48 bits per heavy atom. The fourth-order valence-electron chi connectivity index (χ4n) is 3.20. The topological polar surface area (TPSA) is 78.5 Å². The first-order chi connectivity index (χ1) is 9.93. The molecule has 0 aromatic rings. The van der Waals surface area contributed by atoms with Gasteiger partial charge >= 0.3 is 0 Å². The highest BCUT2D eigenvalue weighted by Crippen LogP contribution is 2.30. The minimum Gasteiger partial charge on any atom is -0.353 e. The summed E-state index contributed by atoms with van der Waals surface area (Å²) >= 11 is 0. The van der Waals surface area contributed by atoms with Gasteiger partial charge in [-0.15, -0.1) is 0 Å². The van der Waals surface area contributed by atoms with Crippen LogP contribution >= 0.6 is 0 Å². The number of sulfonamides is 1. The van der Waals surface area contributed by atoms with Crippen molar-refractivity contribution in [3.63, 3.8) is 0 Å². The summed E-state index contributed by atoms with van der Waals surface area (Å²) < 4.78 is 25.2. The Morgan fingerprint density at radius 1 is 1.33 bits per heavy atom. The van der Waals surface area contributed by atoms with Crippen molar-refractivity contribution in [3.05, 3.63) is 0 Å². The minimum atomic E-state index is -3.09. The summed E-state index contributed by atoms with van der Waals surface area (Å²) in [6, 6.07) is 0.102. The zero-order valence-electron chi connectivity index (χ0n) is 13.0. The molecule has 0 bridgehead atoms. The van der Waals surface area contributed by atoms with Crippen molar-refractivity contribution in [3.8, 4) is 0 Å². The molecule has 2 rings (SSSR count). The fraction of sp³-hybridized carbons (Fsp3) is 0.929. The minimum absolute atomic E-state index is 0.102. The molecule has 2 aliphatic heterocycles. The summed E-state index contributed by atoms with van der Waals surface area (Å²) in [4.78, 5) is 12.5. The maximum atomic E-state index is 12.5. The summed E-state index contributed by atoms with van der Waals surface area (Å²) in [5, 5.41) is 6.41. The second-order valence-corrected chi connectivity index (χ2v) is 8.37. The SMILES string of the molecule is CCC1(C(=O)NC2CCN(S(=O)(=O)CC)CC2)CCNC1. The van der Waals surface area contributed by atoms with Crippen LogP contribution in [0.2, 0.25) is 0 Å². The molecule has 2 N–H and O–H groups in total. The summed E-state index contributed by atoms with van der Waals surface area (Å²) in [6.45, 7) is 6.40. The van der Waals surface area contributed by atoms with Crippen molar-refractivity contribution >= 4 is 15.9 Å². The van der Waals surface area contributed by atoms with Gasteiger partial charge in [0.1, 0.15) is 0 Å². The Bertz CT molecular complexity index is 464. The summed E-state index contributed by atoms with van der Waals surface area (Å²) in [5.41, 5.74) is -0.271. The van der Waals surface area contributed by atoms with Gasteiger partial charge in [0, 0.05) is 25.7 Å². The van der Waals surface area contributed by atoms with E-state index in [2.05, 4.69) is 17.6 Å². The number of piperidine rings is 1. The third-order valence-corrected chi connectivity index (χ3v) is 6.83. The van der Waals surface area contributed by atoms with Crippen LogP contribution in [0.1, 0.15) is 39.5 Å². The van der Waals surface area contributed by atoms with Crippen molar-refractivity contribution in [2.24, 2.45) is 5.41 Å². The smallest absolute Gasteiger partial charge is 0.227 e. The Labute approximate surface area is 127 Å². The van der Waals surface area contributed by atoms with Gasteiger partial charge in [0.2, 0.25) is 15.9 Å². The molecule has 2 aliphatic rings. The van der Waals surface area contributed by atoms with Crippen molar-refractivity contribution < 1.29 is 13.2 Å². The normalized spacial score (nSPS) is 28.7. The maximum absolute atomic E-state index is 12.5. The van der Waals surface area contributed by atoms with Crippen LogP contribution in [-0.2, 0) is 14.8 Å². The zero-order valence-corrected chi connectivity index (χ0v) is 13.8. The lowest BCUT2D eigenvalue weighted by atomic mass is 9.83. The van der Waals surface area contributed by atoms with E-state index < -0.39 is 10.0 Å². The molecule has 6 nitrogen and oxygen atoms in total. The Hall–Kier alpha value is -0.660. The van der Waals surface area contributed by atoms with Crippen molar-refractivity contribution in [1.29, 1.82) is 0 Å².